The van der Waals surface area contributed by atoms with Crippen LogP contribution in [0, 0.1) is 0 Å². The number of carbonyl (C=O) groups excluding carboxylic acids is 1. The van der Waals surface area contributed by atoms with Crippen molar-refractivity contribution in [1.82, 2.24) is 9.80 Å². The predicted molar refractivity (Wildman–Crippen MR) is 89.9 cm³/mol. The highest BCUT2D eigenvalue weighted by Crippen LogP contribution is 2.21. The monoisotopic (exact) mass is 294 g/mol. The van der Waals surface area contributed by atoms with E-state index >= 15 is 0 Å². The average Bonchev–Trinajstić information content (AvgIpc) is 3.01. The minimum absolute atomic E-state index is 0.111. The summed E-state index contributed by atoms with van der Waals surface area (Å²) in [5.74, 6) is 0.111. The molecular formula is C19H22N2O. The molecule has 1 aliphatic heterocycles. The molecule has 1 saturated heterocycles. The third-order valence-electron chi connectivity index (χ3n) is 4.47. The minimum atomic E-state index is 0.111. The van der Waals surface area contributed by atoms with Crippen LogP contribution in [0.4, 0.5) is 0 Å². The Labute approximate surface area is 132 Å². The van der Waals surface area contributed by atoms with Gasteiger partial charge in [0.25, 0.3) is 5.91 Å². The van der Waals surface area contributed by atoms with Crippen LogP contribution < -0.4 is 0 Å². The Balaban J connectivity index is 1.74. The number of amides is 1. The van der Waals surface area contributed by atoms with Gasteiger partial charge in [0.1, 0.15) is 0 Å². The van der Waals surface area contributed by atoms with E-state index in [-0.39, 0.29) is 5.91 Å². The van der Waals surface area contributed by atoms with Crippen LogP contribution in [0.2, 0.25) is 0 Å². The van der Waals surface area contributed by atoms with Crippen molar-refractivity contribution in [2.45, 2.75) is 12.5 Å². The van der Waals surface area contributed by atoms with Gasteiger partial charge in [-0.2, -0.15) is 0 Å². The maximum atomic E-state index is 12.6. The van der Waals surface area contributed by atoms with E-state index in [1.165, 1.54) is 5.56 Å². The van der Waals surface area contributed by atoms with Gasteiger partial charge in [-0.15, -0.1) is 0 Å². The Morgan fingerprint density at radius 1 is 1.05 bits per heavy atom. The van der Waals surface area contributed by atoms with E-state index in [0.29, 0.717) is 6.04 Å². The lowest BCUT2D eigenvalue weighted by molar-refractivity contribution is 0.0737. The van der Waals surface area contributed by atoms with E-state index in [1.807, 2.05) is 54.4 Å². The summed E-state index contributed by atoms with van der Waals surface area (Å²) in [4.78, 5) is 16.8. The molecule has 1 amide bonds. The summed E-state index contributed by atoms with van der Waals surface area (Å²) in [6, 6.07) is 18.5. The molecule has 2 aromatic carbocycles. The molecule has 0 aromatic heterocycles. The fraction of sp³-hybridized carbons (Fsp3) is 0.316. The highest BCUT2D eigenvalue weighted by atomic mass is 16.2. The van der Waals surface area contributed by atoms with Gasteiger partial charge in [0, 0.05) is 25.2 Å². The third-order valence-corrected chi connectivity index (χ3v) is 4.47. The molecule has 0 radical (unpaired) electrons. The number of likely N-dealkylation sites (tertiary alicyclic amines) is 1. The number of carbonyl (C=O) groups is 1. The largest absolute Gasteiger partial charge is 0.337 e. The molecule has 1 fully saturated rings. The van der Waals surface area contributed by atoms with Crippen LogP contribution in [0.25, 0.3) is 11.1 Å². The van der Waals surface area contributed by atoms with Gasteiger partial charge in [0.05, 0.1) is 0 Å². The van der Waals surface area contributed by atoms with Crippen molar-refractivity contribution in [3.63, 3.8) is 0 Å². The number of hydrogen-bond donors (Lipinski definition) is 0. The lowest BCUT2D eigenvalue weighted by atomic mass is 10.0. The van der Waals surface area contributed by atoms with Gasteiger partial charge >= 0.3 is 0 Å². The van der Waals surface area contributed by atoms with E-state index < -0.39 is 0 Å². The van der Waals surface area contributed by atoms with E-state index in [1.54, 1.807) is 0 Å². The Morgan fingerprint density at radius 2 is 1.68 bits per heavy atom. The molecule has 0 aliphatic carbocycles. The SMILES string of the molecule is CN1CCC(N(C)C(=O)c2ccc(-c3ccccc3)cc2)C1. The second-order valence-electron chi connectivity index (χ2n) is 6.06. The molecule has 2 aromatic rings. The van der Waals surface area contributed by atoms with Crippen molar-refractivity contribution in [3.05, 3.63) is 60.2 Å². The van der Waals surface area contributed by atoms with Crippen LogP contribution >= 0.6 is 0 Å². The zero-order valence-corrected chi connectivity index (χ0v) is 13.2. The van der Waals surface area contributed by atoms with Crippen LogP contribution in [-0.4, -0.2) is 48.9 Å². The van der Waals surface area contributed by atoms with E-state index in [0.717, 1.165) is 30.6 Å². The van der Waals surface area contributed by atoms with Crippen molar-refractivity contribution < 1.29 is 4.79 Å². The summed E-state index contributed by atoms with van der Waals surface area (Å²) in [6.07, 6.45) is 1.06. The summed E-state index contributed by atoms with van der Waals surface area (Å²) < 4.78 is 0. The number of nitrogens with zero attached hydrogens (tertiary/aromatic N) is 2. The first-order valence-corrected chi connectivity index (χ1v) is 7.76. The van der Waals surface area contributed by atoms with Crippen molar-refractivity contribution in [3.8, 4) is 11.1 Å². The van der Waals surface area contributed by atoms with Crippen molar-refractivity contribution in [2.75, 3.05) is 27.2 Å². The van der Waals surface area contributed by atoms with Crippen LogP contribution in [0.15, 0.2) is 54.6 Å². The molecule has 1 atom stereocenters. The molecular weight excluding hydrogens is 272 g/mol. The van der Waals surface area contributed by atoms with Crippen LogP contribution in [0.1, 0.15) is 16.8 Å². The lowest BCUT2D eigenvalue weighted by Crippen LogP contribution is -2.38. The summed E-state index contributed by atoms with van der Waals surface area (Å²) in [5.41, 5.74) is 3.07. The zero-order chi connectivity index (χ0) is 15.5. The molecule has 114 valence electrons. The number of benzene rings is 2. The van der Waals surface area contributed by atoms with Crippen LogP contribution in [-0.2, 0) is 0 Å². The molecule has 0 spiro atoms. The van der Waals surface area contributed by atoms with Gasteiger partial charge in [-0.05, 0) is 43.3 Å². The first-order chi connectivity index (χ1) is 10.6. The average molecular weight is 294 g/mol. The van der Waals surface area contributed by atoms with Crippen molar-refractivity contribution in [2.24, 2.45) is 0 Å². The fourth-order valence-electron chi connectivity index (χ4n) is 3.03. The van der Waals surface area contributed by atoms with Crippen LogP contribution in [0.5, 0.6) is 0 Å². The molecule has 1 aliphatic rings. The van der Waals surface area contributed by atoms with Crippen molar-refractivity contribution in [1.29, 1.82) is 0 Å². The number of likely N-dealkylation sites (N-methyl/N-ethyl adjacent to an activating group) is 2. The molecule has 1 unspecified atom stereocenters. The Kier molecular flexibility index (Phi) is 4.25. The molecule has 1 heterocycles. The minimum Gasteiger partial charge on any atom is -0.337 e. The molecule has 0 bridgehead atoms. The quantitative estimate of drug-likeness (QED) is 0.868. The van der Waals surface area contributed by atoms with Gasteiger partial charge in [0.2, 0.25) is 0 Å². The highest BCUT2D eigenvalue weighted by molar-refractivity contribution is 5.94. The second-order valence-corrected chi connectivity index (χ2v) is 6.06. The zero-order valence-electron chi connectivity index (χ0n) is 13.2. The van der Waals surface area contributed by atoms with Gasteiger partial charge in [-0.1, -0.05) is 42.5 Å². The topological polar surface area (TPSA) is 23.6 Å². The van der Waals surface area contributed by atoms with Crippen LogP contribution in [0.3, 0.4) is 0 Å². The summed E-state index contributed by atoms with van der Waals surface area (Å²) in [7, 11) is 4.02. The Morgan fingerprint density at radius 3 is 2.27 bits per heavy atom. The normalized spacial score (nSPS) is 18.4. The van der Waals surface area contributed by atoms with Gasteiger partial charge in [-0.25, -0.2) is 0 Å². The van der Waals surface area contributed by atoms with Crippen molar-refractivity contribution >= 4 is 5.91 Å². The maximum absolute atomic E-state index is 12.6. The molecule has 0 N–H and O–H groups in total. The predicted octanol–water partition coefficient (Wildman–Crippen LogP) is 3.13. The first-order valence-electron chi connectivity index (χ1n) is 7.76. The maximum Gasteiger partial charge on any atom is 0.253 e. The van der Waals surface area contributed by atoms with E-state index in [4.69, 9.17) is 0 Å². The molecule has 22 heavy (non-hydrogen) atoms. The molecule has 3 nitrogen and oxygen atoms in total. The summed E-state index contributed by atoms with van der Waals surface area (Å²) >= 11 is 0. The molecule has 0 saturated carbocycles. The van der Waals surface area contributed by atoms with Gasteiger partial charge in [-0.3, -0.25) is 4.79 Å². The third kappa shape index (κ3) is 3.04. The second kappa shape index (κ2) is 6.32. The number of hydrogen-bond acceptors (Lipinski definition) is 2. The Bertz CT molecular complexity index is 636. The Hall–Kier alpha value is -2.13. The van der Waals surface area contributed by atoms with Gasteiger partial charge in [0.15, 0.2) is 0 Å². The van der Waals surface area contributed by atoms with E-state index in [9.17, 15) is 4.79 Å². The first kappa shape index (κ1) is 14.8. The molecule has 3 heteroatoms. The summed E-state index contributed by atoms with van der Waals surface area (Å²) in [5, 5.41) is 0. The lowest BCUT2D eigenvalue weighted by Gasteiger charge is -2.24. The smallest absolute Gasteiger partial charge is 0.253 e. The standard InChI is InChI=1S/C19H22N2O/c1-20-13-12-18(14-20)21(2)19(22)17-10-8-16(9-11-17)15-6-4-3-5-7-15/h3-11,18H,12-14H2,1-2H3. The fourth-order valence-corrected chi connectivity index (χ4v) is 3.03. The number of rotatable bonds is 3. The van der Waals surface area contributed by atoms with E-state index in [2.05, 4.69) is 24.1 Å². The van der Waals surface area contributed by atoms with Gasteiger partial charge < -0.3 is 9.80 Å². The highest BCUT2D eigenvalue weighted by Gasteiger charge is 2.26. The summed E-state index contributed by atoms with van der Waals surface area (Å²) in [6.45, 7) is 2.03. The molecule has 3 rings (SSSR count).